The van der Waals surface area contributed by atoms with Gasteiger partial charge in [0.2, 0.25) is 10.0 Å². The molecule has 108 valence electrons. The SMILES string of the molecule is Cc1[nH]nc(CO)c1S(=O)(=O)NCc1ccccc1Cl. The third kappa shape index (κ3) is 3.01. The number of nitrogens with zero attached hydrogens (tertiary/aromatic N) is 1. The average molecular weight is 316 g/mol. The number of aromatic amines is 1. The highest BCUT2D eigenvalue weighted by atomic mass is 35.5. The summed E-state index contributed by atoms with van der Waals surface area (Å²) in [6.07, 6.45) is 0. The van der Waals surface area contributed by atoms with Crippen molar-refractivity contribution in [3.05, 3.63) is 46.2 Å². The molecule has 0 bridgehead atoms. The van der Waals surface area contributed by atoms with Crippen molar-refractivity contribution < 1.29 is 13.5 Å². The van der Waals surface area contributed by atoms with Gasteiger partial charge in [-0.15, -0.1) is 0 Å². The Hall–Kier alpha value is -1.41. The van der Waals surface area contributed by atoms with Gasteiger partial charge >= 0.3 is 0 Å². The van der Waals surface area contributed by atoms with Crippen LogP contribution in [0.25, 0.3) is 0 Å². The van der Waals surface area contributed by atoms with Gasteiger partial charge in [0.05, 0.1) is 12.3 Å². The lowest BCUT2D eigenvalue weighted by Crippen LogP contribution is -2.24. The fourth-order valence-corrected chi connectivity index (χ4v) is 3.38. The van der Waals surface area contributed by atoms with Crippen LogP contribution in [-0.4, -0.2) is 23.7 Å². The third-order valence-corrected chi connectivity index (χ3v) is 4.76. The molecular formula is C12H14ClN3O3S. The molecule has 0 saturated carbocycles. The van der Waals surface area contributed by atoms with Crippen LogP contribution in [-0.2, 0) is 23.2 Å². The molecule has 1 aromatic carbocycles. The molecule has 3 N–H and O–H groups in total. The molecule has 1 heterocycles. The van der Waals surface area contributed by atoms with Gasteiger partial charge in [-0.1, -0.05) is 29.8 Å². The first kappa shape index (κ1) is 15.0. The number of H-pyrrole nitrogens is 1. The van der Waals surface area contributed by atoms with E-state index >= 15 is 0 Å². The molecule has 0 atom stereocenters. The van der Waals surface area contributed by atoms with Crippen molar-refractivity contribution in [2.45, 2.75) is 25.0 Å². The Morgan fingerprint density at radius 3 is 2.75 bits per heavy atom. The predicted molar refractivity (Wildman–Crippen MR) is 74.7 cm³/mol. The molecule has 0 spiro atoms. The molecule has 20 heavy (non-hydrogen) atoms. The molecule has 0 aliphatic rings. The number of aryl methyl sites for hydroxylation is 1. The second-order valence-electron chi connectivity index (χ2n) is 4.20. The lowest BCUT2D eigenvalue weighted by Gasteiger charge is -2.08. The van der Waals surface area contributed by atoms with Gasteiger partial charge in [-0.25, -0.2) is 13.1 Å². The van der Waals surface area contributed by atoms with Crippen molar-refractivity contribution in [3.8, 4) is 0 Å². The van der Waals surface area contributed by atoms with Crippen molar-refractivity contribution in [2.24, 2.45) is 0 Å². The predicted octanol–water partition coefficient (Wildman–Crippen LogP) is 1.34. The molecule has 0 fully saturated rings. The van der Waals surface area contributed by atoms with E-state index in [2.05, 4.69) is 14.9 Å². The van der Waals surface area contributed by atoms with E-state index in [0.717, 1.165) is 0 Å². The van der Waals surface area contributed by atoms with Gasteiger partial charge in [-0.2, -0.15) is 5.10 Å². The van der Waals surface area contributed by atoms with Gasteiger partial charge in [0.1, 0.15) is 10.6 Å². The van der Waals surface area contributed by atoms with E-state index in [1.807, 2.05) is 0 Å². The maximum absolute atomic E-state index is 12.3. The highest BCUT2D eigenvalue weighted by molar-refractivity contribution is 7.89. The van der Waals surface area contributed by atoms with Gasteiger partial charge in [-0.3, -0.25) is 5.10 Å². The number of nitrogens with one attached hydrogen (secondary N) is 2. The minimum atomic E-state index is -3.77. The molecule has 0 aliphatic carbocycles. The van der Waals surface area contributed by atoms with Crippen LogP contribution in [0.3, 0.4) is 0 Å². The maximum atomic E-state index is 12.3. The summed E-state index contributed by atoms with van der Waals surface area (Å²) in [5.74, 6) is 0. The van der Waals surface area contributed by atoms with Gasteiger partial charge in [0, 0.05) is 11.6 Å². The number of aliphatic hydroxyl groups is 1. The number of rotatable bonds is 5. The summed E-state index contributed by atoms with van der Waals surface area (Å²) in [5, 5.41) is 15.9. The van der Waals surface area contributed by atoms with Crippen LogP contribution in [0.4, 0.5) is 0 Å². The van der Waals surface area contributed by atoms with Crippen LogP contribution in [0.2, 0.25) is 5.02 Å². The Kier molecular flexibility index (Phi) is 4.44. The number of hydrogen-bond donors (Lipinski definition) is 3. The van der Waals surface area contributed by atoms with E-state index in [1.54, 1.807) is 31.2 Å². The highest BCUT2D eigenvalue weighted by Crippen LogP contribution is 2.19. The normalized spacial score (nSPS) is 11.8. The zero-order chi connectivity index (χ0) is 14.8. The summed E-state index contributed by atoms with van der Waals surface area (Å²) in [7, 11) is -3.77. The zero-order valence-corrected chi connectivity index (χ0v) is 12.3. The van der Waals surface area contributed by atoms with Crippen molar-refractivity contribution >= 4 is 21.6 Å². The lowest BCUT2D eigenvalue weighted by molar-refractivity contribution is 0.273. The summed E-state index contributed by atoms with van der Waals surface area (Å²) < 4.78 is 27.0. The van der Waals surface area contributed by atoms with Crippen LogP contribution in [0.1, 0.15) is 17.0 Å². The number of aromatic nitrogens is 2. The fraction of sp³-hybridized carbons (Fsp3) is 0.250. The molecule has 0 radical (unpaired) electrons. The van der Waals surface area contributed by atoms with E-state index in [9.17, 15) is 8.42 Å². The minimum absolute atomic E-state index is 0.0212. The number of aliphatic hydroxyl groups excluding tert-OH is 1. The average Bonchev–Trinajstić information content (AvgIpc) is 2.80. The van der Waals surface area contributed by atoms with Gasteiger partial charge < -0.3 is 5.11 Å². The second kappa shape index (κ2) is 5.92. The van der Waals surface area contributed by atoms with Crippen molar-refractivity contribution in [2.75, 3.05) is 0 Å². The van der Waals surface area contributed by atoms with E-state index in [0.29, 0.717) is 16.3 Å². The number of benzene rings is 1. The highest BCUT2D eigenvalue weighted by Gasteiger charge is 2.23. The molecular weight excluding hydrogens is 302 g/mol. The van der Waals surface area contributed by atoms with E-state index in [1.165, 1.54) is 0 Å². The molecule has 6 nitrogen and oxygen atoms in total. The summed E-state index contributed by atoms with van der Waals surface area (Å²) in [5.41, 5.74) is 1.14. The number of hydrogen-bond acceptors (Lipinski definition) is 4. The van der Waals surface area contributed by atoms with Gasteiger partial charge in [0.25, 0.3) is 0 Å². The molecule has 2 rings (SSSR count). The first-order valence-corrected chi connectivity index (χ1v) is 7.69. The Morgan fingerprint density at radius 2 is 2.10 bits per heavy atom. The Balaban J connectivity index is 2.24. The molecule has 8 heteroatoms. The molecule has 2 aromatic rings. The largest absolute Gasteiger partial charge is 0.390 e. The summed E-state index contributed by atoms with van der Waals surface area (Å²) in [6, 6.07) is 6.97. The minimum Gasteiger partial charge on any atom is -0.390 e. The second-order valence-corrected chi connectivity index (χ2v) is 6.31. The first-order valence-electron chi connectivity index (χ1n) is 5.83. The maximum Gasteiger partial charge on any atom is 0.244 e. The Labute approximate surface area is 121 Å². The van der Waals surface area contributed by atoms with Crippen molar-refractivity contribution in [1.29, 1.82) is 0 Å². The Morgan fingerprint density at radius 1 is 1.40 bits per heavy atom. The standard InChI is InChI=1S/C12H14ClN3O3S/c1-8-12(11(7-17)16-15-8)20(18,19)14-6-9-4-2-3-5-10(9)13/h2-5,14,17H,6-7H2,1H3,(H,15,16). The number of sulfonamides is 1. The van der Waals surface area contributed by atoms with E-state index in [4.69, 9.17) is 16.7 Å². The van der Waals surface area contributed by atoms with Gasteiger partial charge in [0.15, 0.2) is 0 Å². The quantitative estimate of drug-likeness (QED) is 0.776. The van der Waals surface area contributed by atoms with Crippen LogP contribution < -0.4 is 4.72 Å². The lowest BCUT2D eigenvalue weighted by atomic mass is 10.2. The topological polar surface area (TPSA) is 95.1 Å². The molecule has 0 amide bonds. The van der Waals surface area contributed by atoms with Crippen LogP contribution in [0.5, 0.6) is 0 Å². The smallest absolute Gasteiger partial charge is 0.244 e. The van der Waals surface area contributed by atoms with Crippen LogP contribution >= 0.6 is 11.6 Å². The molecule has 1 aromatic heterocycles. The molecule has 0 saturated heterocycles. The van der Waals surface area contributed by atoms with Crippen molar-refractivity contribution in [3.63, 3.8) is 0 Å². The van der Waals surface area contributed by atoms with Crippen LogP contribution in [0.15, 0.2) is 29.2 Å². The van der Waals surface area contributed by atoms with Gasteiger partial charge in [-0.05, 0) is 18.6 Å². The first-order chi connectivity index (χ1) is 9.45. The zero-order valence-electron chi connectivity index (χ0n) is 10.7. The number of halogens is 1. The summed E-state index contributed by atoms with van der Waals surface area (Å²) in [6.45, 7) is 1.19. The van der Waals surface area contributed by atoms with E-state index < -0.39 is 16.6 Å². The Bertz CT molecular complexity index is 712. The fourth-order valence-electron chi connectivity index (χ4n) is 1.82. The van der Waals surface area contributed by atoms with Crippen molar-refractivity contribution in [1.82, 2.24) is 14.9 Å². The summed E-state index contributed by atoms with van der Waals surface area (Å²) >= 11 is 5.97. The summed E-state index contributed by atoms with van der Waals surface area (Å²) in [4.78, 5) is -0.0212. The van der Waals surface area contributed by atoms with Crippen LogP contribution in [0, 0.1) is 6.92 Å². The third-order valence-electron chi connectivity index (χ3n) is 2.79. The monoisotopic (exact) mass is 315 g/mol. The van der Waals surface area contributed by atoms with E-state index in [-0.39, 0.29) is 17.1 Å². The molecule has 0 aliphatic heterocycles. The molecule has 0 unspecified atom stereocenters.